The highest BCUT2D eigenvalue weighted by Crippen LogP contribution is 2.26. The maximum Gasteiger partial charge on any atom is 0.253 e. The molecule has 1 atom stereocenters. The molecule has 1 aromatic carbocycles. The van der Waals surface area contributed by atoms with E-state index in [-0.39, 0.29) is 17.8 Å². The number of pyridine rings is 1. The average molecular weight is 422 g/mol. The number of hydrogen-bond acceptors (Lipinski definition) is 5. The van der Waals surface area contributed by atoms with Gasteiger partial charge in [-0.3, -0.25) is 14.8 Å². The van der Waals surface area contributed by atoms with E-state index in [1.165, 1.54) is 17.8 Å². The van der Waals surface area contributed by atoms with Crippen LogP contribution in [0.3, 0.4) is 0 Å². The van der Waals surface area contributed by atoms with Gasteiger partial charge in [-0.1, -0.05) is 0 Å². The fourth-order valence-corrected chi connectivity index (χ4v) is 3.85. The second-order valence-corrected chi connectivity index (χ2v) is 8.16. The summed E-state index contributed by atoms with van der Waals surface area (Å²) in [5.74, 6) is 0.579. The molecule has 0 radical (unpaired) electrons. The molecule has 0 aliphatic carbocycles. The van der Waals surface area contributed by atoms with Crippen LogP contribution in [0.5, 0.6) is 0 Å². The Balaban J connectivity index is 1.59. The summed E-state index contributed by atoms with van der Waals surface area (Å²) in [5.41, 5.74) is 4.27. The second-order valence-electron chi connectivity index (χ2n) is 8.16. The molecule has 6 nitrogen and oxygen atoms in total. The highest BCUT2D eigenvalue weighted by atomic mass is 19.1. The van der Waals surface area contributed by atoms with E-state index < -0.39 is 0 Å². The molecular formula is C24H28FN5O. The number of rotatable bonds is 6. The van der Waals surface area contributed by atoms with E-state index in [9.17, 15) is 9.18 Å². The third-order valence-electron chi connectivity index (χ3n) is 5.76. The van der Waals surface area contributed by atoms with Gasteiger partial charge in [-0.2, -0.15) is 0 Å². The molecular weight excluding hydrogens is 393 g/mol. The number of nitrogens with one attached hydrogen (secondary N) is 2. The fourth-order valence-electron chi connectivity index (χ4n) is 3.85. The molecule has 2 aromatic rings. The van der Waals surface area contributed by atoms with Crippen molar-refractivity contribution in [2.75, 3.05) is 26.2 Å². The van der Waals surface area contributed by atoms with Crippen LogP contribution in [0.15, 0.2) is 53.3 Å². The Morgan fingerprint density at radius 1 is 1.26 bits per heavy atom. The highest BCUT2D eigenvalue weighted by molar-refractivity contribution is 5.96. The van der Waals surface area contributed by atoms with E-state index >= 15 is 0 Å². The van der Waals surface area contributed by atoms with E-state index in [1.54, 1.807) is 6.07 Å². The average Bonchev–Trinajstić information content (AvgIpc) is 3.33. The molecule has 1 unspecified atom stereocenters. The molecule has 2 aliphatic rings. The highest BCUT2D eigenvalue weighted by Gasteiger charge is 2.21. The molecule has 2 aliphatic heterocycles. The monoisotopic (exact) mass is 421 g/mol. The van der Waals surface area contributed by atoms with Crippen molar-refractivity contribution >= 4 is 11.7 Å². The van der Waals surface area contributed by atoms with Gasteiger partial charge in [0.15, 0.2) is 0 Å². The van der Waals surface area contributed by atoms with Crippen molar-refractivity contribution in [3.05, 3.63) is 65.2 Å². The van der Waals surface area contributed by atoms with Crippen LogP contribution in [-0.2, 0) is 0 Å². The summed E-state index contributed by atoms with van der Waals surface area (Å²) >= 11 is 0. The molecule has 3 heterocycles. The first kappa shape index (κ1) is 21.2. The number of benzene rings is 1. The lowest BCUT2D eigenvalue weighted by atomic mass is 9.98. The SMILES string of the molecule is CC1=NCC(CNC(C)c2cc(C(=O)N3CCCC3)cc(-c3ccc(F)cn3)c2)=CN1. The van der Waals surface area contributed by atoms with Gasteiger partial charge in [-0.15, -0.1) is 0 Å². The largest absolute Gasteiger partial charge is 0.351 e. The molecule has 0 bridgehead atoms. The zero-order valence-corrected chi connectivity index (χ0v) is 18.0. The first-order chi connectivity index (χ1) is 15.0. The van der Waals surface area contributed by atoms with E-state index in [2.05, 4.69) is 27.5 Å². The molecule has 4 rings (SSSR count). The van der Waals surface area contributed by atoms with Crippen molar-refractivity contribution in [3.63, 3.8) is 0 Å². The van der Waals surface area contributed by atoms with Gasteiger partial charge in [0, 0.05) is 43.0 Å². The molecule has 2 N–H and O–H groups in total. The Morgan fingerprint density at radius 3 is 2.74 bits per heavy atom. The zero-order chi connectivity index (χ0) is 21.8. The van der Waals surface area contributed by atoms with Crippen LogP contribution < -0.4 is 10.6 Å². The molecule has 1 amide bonds. The van der Waals surface area contributed by atoms with Gasteiger partial charge in [0.25, 0.3) is 5.91 Å². The fraction of sp³-hybridized carbons (Fsp3) is 0.375. The topological polar surface area (TPSA) is 69.6 Å². The molecule has 0 saturated carbocycles. The quantitative estimate of drug-likeness (QED) is 0.747. The van der Waals surface area contributed by atoms with Gasteiger partial charge in [-0.05, 0) is 68.2 Å². The molecule has 0 spiro atoms. The third kappa shape index (κ3) is 5.17. The zero-order valence-electron chi connectivity index (χ0n) is 18.0. The van der Waals surface area contributed by atoms with Crippen molar-refractivity contribution in [2.45, 2.75) is 32.7 Å². The minimum atomic E-state index is -0.379. The summed E-state index contributed by atoms with van der Waals surface area (Å²) in [4.78, 5) is 23.6. The Labute approximate surface area is 182 Å². The van der Waals surface area contributed by atoms with Crippen molar-refractivity contribution in [1.29, 1.82) is 0 Å². The Hall–Kier alpha value is -3.06. The van der Waals surface area contributed by atoms with Gasteiger partial charge >= 0.3 is 0 Å². The lowest BCUT2D eigenvalue weighted by Crippen LogP contribution is -2.29. The van der Waals surface area contributed by atoms with Crippen molar-refractivity contribution in [3.8, 4) is 11.3 Å². The van der Waals surface area contributed by atoms with Crippen LogP contribution in [0.4, 0.5) is 4.39 Å². The molecule has 162 valence electrons. The van der Waals surface area contributed by atoms with Crippen molar-refractivity contribution in [1.82, 2.24) is 20.5 Å². The summed E-state index contributed by atoms with van der Waals surface area (Å²) in [6.07, 6.45) is 5.28. The van der Waals surface area contributed by atoms with Crippen LogP contribution in [0.25, 0.3) is 11.3 Å². The van der Waals surface area contributed by atoms with E-state index in [0.29, 0.717) is 24.3 Å². The summed E-state index contributed by atoms with van der Waals surface area (Å²) in [7, 11) is 0. The van der Waals surface area contributed by atoms with Crippen LogP contribution in [0, 0.1) is 5.82 Å². The smallest absolute Gasteiger partial charge is 0.253 e. The normalized spacial score (nSPS) is 17.1. The molecule has 31 heavy (non-hydrogen) atoms. The van der Waals surface area contributed by atoms with Crippen molar-refractivity contribution < 1.29 is 9.18 Å². The predicted molar refractivity (Wildman–Crippen MR) is 120 cm³/mol. The van der Waals surface area contributed by atoms with Gasteiger partial charge in [-0.25, -0.2) is 4.39 Å². The van der Waals surface area contributed by atoms with Crippen LogP contribution in [-0.4, -0.2) is 47.8 Å². The predicted octanol–water partition coefficient (Wildman–Crippen LogP) is 3.68. The standard InChI is InChI=1S/C24H28FN5O/c1-16(26-12-18-13-27-17(2)28-14-18)19-9-20(23-6-5-22(25)15-29-23)11-21(10-19)24(31)30-7-3-4-8-30/h5-6,9-11,13,15-16,26H,3-4,7-8,12,14H2,1-2H3,(H,27,28). The van der Waals surface area contributed by atoms with Crippen molar-refractivity contribution in [2.24, 2.45) is 4.99 Å². The molecule has 7 heteroatoms. The molecule has 1 aromatic heterocycles. The maximum absolute atomic E-state index is 13.4. The van der Waals surface area contributed by atoms with Crippen LogP contribution in [0.1, 0.15) is 48.7 Å². The lowest BCUT2D eigenvalue weighted by Gasteiger charge is -2.21. The van der Waals surface area contributed by atoms with E-state index in [4.69, 9.17) is 0 Å². The Morgan fingerprint density at radius 2 is 2.06 bits per heavy atom. The number of carbonyl (C=O) groups excluding carboxylic acids is 1. The van der Waals surface area contributed by atoms with E-state index in [1.807, 2.05) is 36.2 Å². The van der Waals surface area contributed by atoms with Gasteiger partial charge in [0.1, 0.15) is 5.82 Å². The minimum absolute atomic E-state index is 0.0124. The summed E-state index contributed by atoms with van der Waals surface area (Å²) in [6.45, 7) is 6.98. The summed E-state index contributed by atoms with van der Waals surface area (Å²) in [6, 6.07) is 8.90. The Kier molecular flexibility index (Phi) is 6.42. The van der Waals surface area contributed by atoms with Gasteiger partial charge < -0.3 is 15.5 Å². The number of amides is 1. The Bertz CT molecular complexity index is 1010. The number of likely N-dealkylation sites (tertiary alicyclic amines) is 1. The van der Waals surface area contributed by atoms with Crippen LogP contribution >= 0.6 is 0 Å². The molecule has 1 fully saturated rings. The summed E-state index contributed by atoms with van der Waals surface area (Å²) in [5, 5.41) is 6.67. The first-order valence-electron chi connectivity index (χ1n) is 10.7. The maximum atomic E-state index is 13.4. The lowest BCUT2D eigenvalue weighted by molar-refractivity contribution is 0.0792. The number of hydrogen-bond donors (Lipinski definition) is 2. The number of nitrogens with zero attached hydrogens (tertiary/aromatic N) is 3. The number of carbonyl (C=O) groups is 1. The number of halogens is 1. The number of amidine groups is 1. The van der Waals surface area contributed by atoms with E-state index in [0.717, 1.165) is 42.9 Å². The van der Waals surface area contributed by atoms with Crippen LogP contribution in [0.2, 0.25) is 0 Å². The van der Waals surface area contributed by atoms with Gasteiger partial charge in [0.05, 0.1) is 24.3 Å². The third-order valence-corrected chi connectivity index (χ3v) is 5.76. The number of aromatic nitrogens is 1. The second kappa shape index (κ2) is 9.39. The minimum Gasteiger partial charge on any atom is -0.351 e. The molecule has 1 saturated heterocycles. The van der Waals surface area contributed by atoms with Gasteiger partial charge in [0.2, 0.25) is 0 Å². The number of aliphatic imine (C=N–C) groups is 1. The first-order valence-corrected chi connectivity index (χ1v) is 10.7. The summed E-state index contributed by atoms with van der Waals surface area (Å²) < 4.78 is 13.4.